The summed E-state index contributed by atoms with van der Waals surface area (Å²) in [5, 5.41) is 0.458. The zero-order valence-corrected chi connectivity index (χ0v) is 10.4. The lowest BCUT2D eigenvalue weighted by molar-refractivity contribution is -0.137. The van der Waals surface area contributed by atoms with Crippen molar-refractivity contribution < 1.29 is 13.2 Å². The standard InChI is InChI=1S/C12H13F3N4/c1-6(2)10-17-9-5-7(12(13,14)15)3-4-8(9)11(18-10)19-16/h3-6H,16H2,1-2H3,(H,17,18,19). The molecule has 0 aliphatic carbocycles. The number of nitrogens with zero attached hydrogens (tertiary/aromatic N) is 2. The van der Waals surface area contributed by atoms with Crippen molar-refractivity contribution in [3.8, 4) is 0 Å². The van der Waals surface area contributed by atoms with Gasteiger partial charge in [-0.3, -0.25) is 0 Å². The average Bonchev–Trinajstić information content (AvgIpc) is 2.35. The molecule has 19 heavy (non-hydrogen) atoms. The summed E-state index contributed by atoms with van der Waals surface area (Å²) >= 11 is 0. The van der Waals surface area contributed by atoms with Crippen LogP contribution in [0.25, 0.3) is 10.9 Å². The average molecular weight is 270 g/mol. The SMILES string of the molecule is CC(C)c1nc(NN)c2ccc(C(F)(F)F)cc2n1. The van der Waals surface area contributed by atoms with Gasteiger partial charge in [0.05, 0.1) is 11.1 Å². The van der Waals surface area contributed by atoms with Crippen molar-refractivity contribution in [2.24, 2.45) is 5.84 Å². The molecule has 0 aliphatic rings. The highest BCUT2D eigenvalue weighted by Gasteiger charge is 2.30. The second-order valence-corrected chi connectivity index (χ2v) is 4.46. The maximum Gasteiger partial charge on any atom is 0.416 e. The van der Waals surface area contributed by atoms with Crippen molar-refractivity contribution in [3.05, 3.63) is 29.6 Å². The second-order valence-electron chi connectivity index (χ2n) is 4.46. The molecule has 0 spiro atoms. The molecule has 2 aromatic rings. The van der Waals surface area contributed by atoms with Gasteiger partial charge >= 0.3 is 6.18 Å². The molecule has 0 saturated carbocycles. The van der Waals surface area contributed by atoms with Crippen LogP contribution in [0, 0.1) is 0 Å². The minimum absolute atomic E-state index is 0.00829. The van der Waals surface area contributed by atoms with E-state index in [1.54, 1.807) is 0 Å². The first-order valence-corrected chi connectivity index (χ1v) is 5.68. The summed E-state index contributed by atoms with van der Waals surface area (Å²) in [4.78, 5) is 8.33. The van der Waals surface area contributed by atoms with Gasteiger partial charge < -0.3 is 5.43 Å². The quantitative estimate of drug-likeness (QED) is 0.650. The summed E-state index contributed by atoms with van der Waals surface area (Å²) in [5.74, 6) is 6.10. The molecule has 1 heterocycles. The molecule has 2 rings (SSSR count). The summed E-state index contributed by atoms with van der Waals surface area (Å²) in [7, 11) is 0. The van der Waals surface area contributed by atoms with Crippen molar-refractivity contribution in [2.45, 2.75) is 25.9 Å². The molecule has 0 fully saturated rings. The van der Waals surface area contributed by atoms with Gasteiger partial charge in [0, 0.05) is 11.3 Å². The van der Waals surface area contributed by atoms with Crippen LogP contribution in [0.5, 0.6) is 0 Å². The Morgan fingerprint density at radius 3 is 2.42 bits per heavy atom. The van der Waals surface area contributed by atoms with E-state index < -0.39 is 11.7 Å². The van der Waals surface area contributed by atoms with Crippen molar-refractivity contribution in [2.75, 3.05) is 5.43 Å². The first-order valence-electron chi connectivity index (χ1n) is 5.68. The molecular formula is C12H13F3N4. The molecule has 4 nitrogen and oxygen atoms in total. The number of rotatable bonds is 2. The molecular weight excluding hydrogens is 257 g/mol. The fourth-order valence-corrected chi connectivity index (χ4v) is 1.69. The molecule has 1 aromatic carbocycles. The van der Waals surface area contributed by atoms with Gasteiger partial charge in [-0.15, -0.1) is 0 Å². The van der Waals surface area contributed by atoms with E-state index in [2.05, 4.69) is 15.4 Å². The highest BCUT2D eigenvalue weighted by Crippen LogP contribution is 2.32. The third kappa shape index (κ3) is 2.60. The van der Waals surface area contributed by atoms with Crippen LogP contribution in [0.4, 0.5) is 19.0 Å². The Morgan fingerprint density at radius 2 is 1.89 bits per heavy atom. The number of aromatic nitrogens is 2. The highest BCUT2D eigenvalue weighted by molar-refractivity contribution is 5.89. The normalized spacial score (nSPS) is 12.2. The van der Waals surface area contributed by atoms with Crippen LogP contribution < -0.4 is 11.3 Å². The van der Waals surface area contributed by atoms with Gasteiger partial charge in [0.1, 0.15) is 5.82 Å². The highest BCUT2D eigenvalue weighted by atomic mass is 19.4. The van der Waals surface area contributed by atoms with Crippen molar-refractivity contribution in [1.82, 2.24) is 9.97 Å². The predicted molar refractivity (Wildman–Crippen MR) is 66.4 cm³/mol. The van der Waals surface area contributed by atoms with E-state index in [4.69, 9.17) is 5.84 Å². The number of benzene rings is 1. The molecule has 0 saturated heterocycles. The summed E-state index contributed by atoms with van der Waals surface area (Å²) in [6.45, 7) is 3.71. The van der Waals surface area contributed by atoms with E-state index >= 15 is 0 Å². The van der Waals surface area contributed by atoms with Crippen LogP contribution >= 0.6 is 0 Å². The lowest BCUT2D eigenvalue weighted by atomic mass is 10.1. The van der Waals surface area contributed by atoms with Crippen molar-refractivity contribution in [3.63, 3.8) is 0 Å². The molecule has 0 amide bonds. The number of nitrogens with one attached hydrogen (secondary N) is 1. The van der Waals surface area contributed by atoms with Crippen LogP contribution in [0.3, 0.4) is 0 Å². The predicted octanol–water partition coefficient (Wildman–Crippen LogP) is 3.06. The van der Waals surface area contributed by atoms with E-state index in [0.29, 0.717) is 17.0 Å². The Morgan fingerprint density at radius 1 is 1.21 bits per heavy atom. The Kier molecular flexibility index (Phi) is 3.32. The lowest BCUT2D eigenvalue weighted by Crippen LogP contribution is -2.12. The van der Waals surface area contributed by atoms with Gasteiger partial charge in [-0.2, -0.15) is 13.2 Å². The molecule has 7 heteroatoms. The second kappa shape index (κ2) is 4.65. The number of hydrazine groups is 1. The summed E-state index contributed by atoms with van der Waals surface area (Å²) in [6.07, 6.45) is -4.40. The molecule has 1 aromatic heterocycles. The van der Waals surface area contributed by atoms with Crippen LogP contribution in [0.1, 0.15) is 31.2 Å². The number of halogens is 3. The number of nitrogens with two attached hydrogens (primary N) is 1. The fourth-order valence-electron chi connectivity index (χ4n) is 1.69. The lowest BCUT2D eigenvalue weighted by Gasteiger charge is -2.12. The topological polar surface area (TPSA) is 63.8 Å². The van der Waals surface area contributed by atoms with Crippen LogP contribution in [0.2, 0.25) is 0 Å². The van der Waals surface area contributed by atoms with Gasteiger partial charge in [-0.1, -0.05) is 13.8 Å². The first kappa shape index (κ1) is 13.5. The van der Waals surface area contributed by atoms with Gasteiger partial charge in [0.15, 0.2) is 5.82 Å². The number of anilines is 1. The van der Waals surface area contributed by atoms with E-state index in [-0.39, 0.29) is 11.4 Å². The number of hydrogen-bond acceptors (Lipinski definition) is 4. The van der Waals surface area contributed by atoms with E-state index in [9.17, 15) is 13.2 Å². The van der Waals surface area contributed by atoms with Crippen LogP contribution in [0.15, 0.2) is 18.2 Å². The molecule has 102 valence electrons. The number of alkyl halides is 3. The van der Waals surface area contributed by atoms with Gasteiger partial charge in [0.2, 0.25) is 0 Å². The fraction of sp³-hybridized carbons (Fsp3) is 0.333. The maximum atomic E-state index is 12.7. The van der Waals surface area contributed by atoms with Crippen LogP contribution in [-0.2, 0) is 6.18 Å². The van der Waals surface area contributed by atoms with Crippen LogP contribution in [-0.4, -0.2) is 9.97 Å². The Bertz CT molecular complexity index is 608. The Balaban J connectivity index is 2.70. The Labute approximate surface area is 107 Å². The summed E-state index contributed by atoms with van der Waals surface area (Å²) < 4.78 is 38.0. The molecule has 0 aliphatic heterocycles. The van der Waals surface area contributed by atoms with E-state index in [1.807, 2.05) is 13.8 Å². The largest absolute Gasteiger partial charge is 0.416 e. The summed E-state index contributed by atoms with van der Waals surface area (Å²) in [6, 6.07) is 3.31. The number of fused-ring (bicyclic) bond motifs is 1. The van der Waals surface area contributed by atoms with Crippen molar-refractivity contribution in [1.29, 1.82) is 0 Å². The minimum atomic E-state index is -4.40. The number of nitrogen functional groups attached to an aromatic ring is 1. The third-order valence-electron chi connectivity index (χ3n) is 2.69. The first-order chi connectivity index (χ1) is 8.82. The molecule has 0 unspecified atom stereocenters. The monoisotopic (exact) mass is 270 g/mol. The zero-order chi connectivity index (χ0) is 14.2. The Hall–Kier alpha value is -1.89. The van der Waals surface area contributed by atoms with Crippen molar-refractivity contribution >= 4 is 16.7 Å². The minimum Gasteiger partial charge on any atom is -0.308 e. The smallest absolute Gasteiger partial charge is 0.308 e. The molecule has 3 N–H and O–H groups in total. The third-order valence-corrected chi connectivity index (χ3v) is 2.69. The van der Waals surface area contributed by atoms with E-state index in [1.165, 1.54) is 6.07 Å². The molecule has 0 bridgehead atoms. The van der Waals surface area contributed by atoms with Gasteiger partial charge in [0.25, 0.3) is 0 Å². The van der Waals surface area contributed by atoms with Gasteiger partial charge in [-0.05, 0) is 18.2 Å². The molecule has 0 radical (unpaired) electrons. The maximum absolute atomic E-state index is 12.7. The zero-order valence-electron chi connectivity index (χ0n) is 10.4. The van der Waals surface area contributed by atoms with E-state index in [0.717, 1.165) is 12.1 Å². The van der Waals surface area contributed by atoms with Gasteiger partial charge in [-0.25, -0.2) is 15.8 Å². The number of hydrogen-bond donors (Lipinski definition) is 2. The molecule has 0 atom stereocenters. The summed E-state index contributed by atoms with van der Waals surface area (Å²) in [5.41, 5.74) is 1.88.